The first-order chi connectivity index (χ1) is 7.41. The molecule has 0 N–H and O–H groups in total. The molecule has 0 heterocycles. The number of hydrogen-bond acceptors (Lipinski definition) is 3. The Kier molecular flexibility index (Phi) is 3.80. The maximum atomic E-state index is 11.6. The van der Waals surface area contributed by atoms with Gasteiger partial charge in [-0.05, 0) is 19.4 Å². The second-order valence-electron chi connectivity index (χ2n) is 3.83. The number of non-ortho nitro benzene ring substituents is 1. The molecule has 1 atom stereocenters. The fourth-order valence-electron chi connectivity index (χ4n) is 1.33. The number of carbonyl (C=O) groups is 1. The van der Waals surface area contributed by atoms with Gasteiger partial charge in [0.1, 0.15) is 5.78 Å². The highest BCUT2D eigenvalue weighted by atomic mass is 79.9. The Morgan fingerprint density at radius 2 is 1.94 bits per heavy atom. The summed E-state index contributed by atoms with van der Waals surface area (Å²) in [4.78, 5) is 21.6. The highest BCUT2D eigenvalue weighted by molar-refractivity contribution is 9.09. The normalized spacial score (nSPS) is 14.2. The van der Waals surface area contributed by atoms with Crippen molar-refractivity contribution < 1.29 is 9.72 Å². The second-order valence-corrected chi connectivity index (χ2v) is 4.39. The monoisotopic (exact) mass is 285 g/mol. The van der Waals surface area contributed by atoms with Crippen molar-refractivity contribution >= 4 is 27.4 Å². The number of ketones is 1. The fraction of sp³-hybridized carbons (Fsp3) is 0.364. The number of rotatable bonds is 4. The fourth-order valence-corrected chi connectivity index (χ4v) is 2.04. The number of benzene rings is 1. The van der Waals surface area contributed by atoms with E-state index in [1.54, 1.807) is 12.1 Å². The lowest BCUT2D eigenvalue weighted by atomic mass is 9.81. The van der Waals surface area contributed by atoms with E-state index in [1.807, 2.05) is 6.92 Å². The van der Waals surface area contributed by atoms with E-state index in [0.717, 1.165) is 5.56 Å². The molecule has 0 radical (unpaired) electrons. The highest BCUT2D eigenvalue weighted by Crippen LogP contribution is 2.28. The van der Waals surface area contributed by atoms with E-state index in [0.29, 0.717) is 5.33 Å². The summed E-state index contributed by atoms with van der Waals surface area (Å²) in [5, 5.41) is 11.0. The summed E-state index contributed by atoms with van der Waals surface area (Å²) in [6.45, 7) is 3.33. The van der Waals surface area contributed by atoms with Crippen LogP contribution in [0.15, 0.2) is 24.3 Å². The van der Waals surface area contributed by atoms with Crippen LogP contribution < -0.4 is 0 Å². The van der Waals surface area contributed by atoms with E-state index in [2.05, 4.69) is 15.9 Å². The summed E-state index contributed by atoms with van der Waals surface area (Å²) in [5.74, 6) is 0.0261. The van der Waals surface area contributed by atoms with Gasteiger partial charge in [-0.25, -0.2) is 0 Å². The molecule has 86 valence electrons. The van der Waals surface area contributed by atoms with E-state index >= 15 is 0 Å². The van der Waals surface area contributed by atoms with Gasteiger partial charge in [-0.3, -0.25) is 14.9 Å². The third-order valence-corrected chi connectivity index (χ3v) is 3.88. The lowest BCUT2D eigenvalue weighted by Crippen LogP contribution is -2.32. The maximum absolute atomic E-state index is 11.6. The summed E-state index contributed by atoms with van der Waals surface area (Å²) < 4.78 is 0. The third kappa shape index (κ3) is 2.29. The average molecular weight is 286 g/mol. The van der Waals surface area contributed by atoms with Crippen molar-refractivity contribution in [1.29, 1.82) is 0 Å². The summed E-state index contributed by atoms with van der Waals surface area (Å²) >= 11 is 3.30. The molecule has 1 aromatic carbocycles. The zero-order valence-corrected chi connectivity index (χ0v) is 10.7. The van der Waals surface area contributed by atoms with Gasteiger partial charge in [0.15, 0.2) is 0 Å². The third-order valence-electron chi connectivity index (χ3n) is 2.76. The minimum absolute atomic E-state index is 0.0261. The van der Waals surface area contributed by atoms with E-state index < -0.39 is 10.3 Å². The lowest BCUT2D eigenvalue weighted by Gasteiger charge is -2.24. The summed E-state index contributed by atoms with van der Waals surface area (Å²) in [7, 11) is 0. The average Bonchev–Trinajstić information content (AvgIpc) is 2.27. The zero-order valence-electron chi connectivity index (χ0n) is 9.07. The van der Waals surface area contributed by atoms with Gasteiger partial charge in [0.2, 0.25) is 0 Å². The second kappa shape index (κ2) is 4.74. The molecular formula is C11H12BrNO3. The lowest BCUT2D eigenvalue weighted by molar-refractivity contribution is -0.384. The number of hydrogen-bond donors (Lipinski definition) is 0. The maximum Gasteiger partial charge on any atom is 0.269 e. The number of nitro groups is 1. The number of nitrogens with zero attached hydrogens (tertiary/aromatic N) is 1. The minimum atomic E-state index is -0.630. The molecule has 1 aromatic rings. The Bertz CT molecular complexity index is 416. The number of nitro benzene ring substituents is 1. The Morgan fingerprint density at radius 1 is 1.44 bits per heavy atom. The zero-order chi connectivity index (χ0) is 12.3. The van der Waals surface area contributed by atoms with Crippen LogP contribution in [0.25, 0.3) is 0 Å². The van der Waals surface area contributed by atoms with Gasteiger partial charge in [0.05, 0.1) is 10.3 Å². The van der Waals surface area contributed by atoms with E-state index in [-0.39, 0.29) is 11.5 Å². The first-order valence-corrected chi connectivity index (χ1v) is 5.86. The molecule has 0 saturated heterocycles. The van der Waals surface area contributed by atoms with Crippen LogP contribution in [0.4, 0.5) is 5.69 Å². The number of halogens is 1. The van der Waals surface area contributed by atoms with Crippen molar-refractivity contribution in [3.05, 3.63) is 39.9 Å². The Morgan fingerprint density at radius 3 is 2.25 bits per heavy atom. The van der Waals surface area contributed by atoms with Gasteiger partial charge in [-0.15, -0.1) is 0 Å². The molecule has 0 saturated carbocycles. The standard InChI is InChI=1S/C11H12BrNO3/c1-8(14)11(2,7-12)9-3-5-10(6-4-9)13(15)16/h3-6H,7H2,1-2H3. The molecule has 0 aliphatic rings. The topological polar surface area (TPSA) is 60.2 Å². The summed E-state index contributed by atoms with van der Waals surface area (Å²) in [5.41, 5.74) is 0.182. The summed E-state index contributed by atoms with van der Waals surface area (Å²) in [6, 6.07) is 6.08. The molecule has 0 fully saturated rings. The van der Waals surface area contributed by atoms with Crippen LogP contribution in [-0.4, -0.2) is 16.0 Å². The van der Waals surface area contributed by atoms with Crippen molar-refractivity contribution in [1.82, 2.24) is 0 Å². The summed E-state index contributed by atoms with van der Waals surface area (Å²) in [6.07, 6.45) is 0. The molecule has 0 aliphatic carbocycles. The van der Waals surface area contributed by atoms with Crippen molar-refractivity contribution in [2.45, 2.75) is 19.3 Å². The van der Waals surface area contributed by atoms with Crippen LogP contribution >= 0.6 is 15.9 Å². The molecule has 5 heteroatoms. The molecule has 16 heavy (non-hydrogen) atoms. The van der Waals surface area contributed by atoms with Crippen LogP contribution in [0.5, 0.6) is 0 Å². The predicted molar refractivity (Wildman–Crippen MR) is 64.9 cm³/mol. The first-order valence-electron chi connectivity index (χ1n) is 4.74. The Labute approximate surface area is 102 Å². The van der Waals surface area contributed by atoms with Crippen molar-refractivity contribution in [2.75, 3.05) is 5.33 Å². The van der Waals surface area contributed by atoms with Gasteiger partial charge >= 0.3 is 0 Å². The Hall–Kier alpha value is -1.23. The van der Waals surface area contributed by atoms with Gasteiger partial charge in [0.25, 0.3) is 5.69 Å². The predicted octanol–water partition coefficient (Wildman–Crippen LogP) is 2.84. The highest BCUT2D eigenvalue weighted by Gasteiger charge is 2.30. The van der Waals surface area contributed by atoms with Crippen molar-refractivity contribution in [3.63, 3.8) is 0 Å². The van der Waals surface area contributed by atoms with Gasteiger partial charge in [0, 0.05) is 17.5 Å². The van der Waals surface area contributed by atoms with E-state index in [1.165, 1.54) is 19.1 Å². The van der Waals surface area contributed by atoms with Gasteiger partial charge < -0.3 is 0 Å². The molecule has 0 bridgehead atoms. The van der Waals surface area contributed by atoms with Crippen molar-refractivity contribution in [2.24, 2.45) is 0 Å². The quantitative estimate of drug-likeness (QED) is 0.486. The van der Waals surface area contributed by atoms with Gasteiger partial charge in [-0.1, -0.05) is 28.1 Å². The van der Waals surface area contributed by atoms with E-state index in [9.17, 15) is 14.9 Å². The number of Topliss-reactive ketones (excluding diaryl/α,β-unsaturated/α-hetero) is 1. The van der Waals surface area contributed by atoms with Crippen LogP contribution in [0, 0.1) is 10.1 Å². The van der Waals surface area contributed by atoms with Crippen LogP contribution in [0.2, 0.25) is 0 Å². The molecule has 0 aromatic heterocycles. The Balaban J connectivity index is 3.14. The molecule has 0 amide bonds. The molecule has 0 aliphatic heterocycles. The van der Waals surface area contributed by atoms with E-state index in [4.69, 9.17) is 0 Å². The largest absolute Gasteiger partial charge is 0.299 e. The van der Waals surface area contributed by atoms with Crippen LogP contribution in [0.3, 0.4) is 0 Å². The number of alkyl halides is 1. The SMILES string of the molecule is CC(=O)C(C)(CBr)c1ccc([N+](=O)[O-])cc1. The number of carbonyl (C=O) groups excluding carboxylic acids is 1. The van der Waals surface area contributed by atoms with Crippen molar-refractivity contribution in [3.8, 4) is 0 Å². The molecular weight excluding hydrogens is 274 g/mol. The molecule has 1 rings (SSSR count). The molecule has 4 nitrogen and oxygen atoms in total. The minimum Gasteiger partial charge on any atom is -0.299 e. The molecule has 0 spiro atoms. The van der Waals surface area contributed by atoms with Crippen LogP contribution in [0.1, 0.15) is 19.4 Å². The first kappa shape index (κ1) is 12.8. The van der Waals surface area contributed by atoms with Crippen LogP contribution in [-0.2, 0) is 10.2 Å². The van der Waals surface area contributed by atoms with Gasteiger partial charge in [-0.2, -0.15) is 0 Å². The smallest absolute Gasteiger partial charge is 0.269 e. The molecule has 1 unspecified atom stereocenters.